The Kier molecular flexibility index (Phi) is 4.85. The van der Waals surface area contributed by atoms with Gasteiger partial charge in [0.25, 0.3) is 0 Å². The molecule has 2 amide bonds. The average molecular weight is 345 g/mol. The van der Waals surface area contributed by atoms with Crippen LogP contribution in [0, 0.1) is 5.41 Å². The molecule has 1 fully saturated rings. The number of nitrogens with zero attached hydrogens (tertiary/aromatic N) is 1. The van der Waals surface area contributed by atoms with Crippen molar-refractivity contribution in [3.05, 3.63) is 24.3 Å². The SMILES string of the molecule is CC(C)NC(=O)CC1(C(=O)Nc2nc3ccccc3s2)CCCC1. The summed E-state index contributed by atoms with van der Waals surface area (Å²) in [6.07, 6.45) is 3.75. The Morgan fingerprint density at radius 1 is 1.25 bits per heavy atom. The van der Waals surface area contributed by atoms with Gasteiger partial charge in [0.1, 0.15) is 0 Å². The van der Waals surface area contributed by atoms with E-state index in [0.29, 0.717) is 5.13 Å². The van der Waals surface area contributed by atoms with Gasteiger partial charge in [-0.1, -0.05) is 36.3 Å². The highest BCUT2D eigenvalue weighted by molar-refractivity contribution is 7.22. The molecule has 2 N–H and O–H groups in total. The molecule has 0 spiro atoms. The van der Waals surface area contributed by atoms with Crippen molar-refractivity contribution in [1.29, 1.82) is 0 Å². The summed E-state index contributed by atoms with van der Waals surface area (Å²) in [5.41, 5.74) is 0.285. The second-order valence-corrected chi connectivity index (χ2v) is 7.86. The molecular weight excluding hydrogens is 322 g/mol. The number of thiazole rings is 1. The van der Waals surface area contributed by atoms with Gasteiger partial charge in [-0.25, -0.2) is 4.98 Å². The van der Waals surface area contributed by atoms with E-state index in [0.717, 1.165) is 35.9 Å². The summed E-state index contributed by atoms with van der Waals surface area (Å²) in [4.78, 5) is 29.6. The molecular formula is C18H23N3O2S. The first-order valence-corrected chi connectivity index (χ1v) is 9.27. The van der Waals surface area contributed by atoms with E-state index in [1.54, 1.807) is 0 Å². The van der Waals surface area contributed by atoms with Crippen molar-refractivity contribution in [3.8, 4) is 0 Å². The van der Waals surface area contributed by atoms with Gasteiger partial charge < -0.3 is 10.6 Å². The zero-order valence-electron chi connectivity index (χ0n) is 14.1. The third-order valence-electron chi connectivity index (χ3n) is 4.51. The van der Waals surface area contributed by atoms with Crippen molar-refractivity contribution in [2.45, 2.75) is 52.0 Å². The van der Waals surface area contributed by atoms with Crippen molar-refractivity contribution >= 4 is 38.5 Å². The molecule has 24 heavy (non-hydrogen) atoms. The summed E-state index contributed by atoms with van der Waals surface area (Å²) >= 11 is 1.47. The summed E-state index contributed by atoms with van der Waals surface area (Å²) in [5.74, 6) is -0.121. The van der Waals surface area contributed by atoms with E-state index < -0.39 is 5.41 Å². The van der Waals surface area contributed by atoms with Crippen LogP contribution in [0.1, 0.15) is 46.0 Å². The van der Waals surface area contributed by atoms with Gasteiger partial charge in [0.15, 0.2) is 5.13 Å². The summed E-state index contributed by atoms with van der Waals surface area (Å²) < 4.78 is 1.05. The van der Waals surface area contributed by atoms with Crippen LogP contribution in [0.2, 0.25) is 0 Å². The maximum Gasteiger partial charge on any atom is 0.232 e. The quantitative estimate of drug-likeness (QED) is 0.868. The molecule has 1 aromatic carbocycles. The van der Waals surface area contributed by atoms with Gasteiger partial charge in [-0.05, 0) is 38.8 Å². The molecule has 5 nitrogen and oxygen atoms in total. The van der Waals surface area contributed by atoms with E-state index in [-0.39, 0.29) is 24.3 Å². The zero-order chi connectivity index (χ0) is 17.2. The van der Waals surface area contributed by atoms with Crippen LogP contribution >= 0.6 is 11.3 Å². The average Bonchev–Trinajstić information content (AvgIpc) is 3.13. The molecule has 128 valence electrons. The van der Waals surface area contributed by atoms with E-state index in [9.17, 15) is 9.59 Å². The summed E-state index contributed by atoms with van der Waals surface area (Å²) in [6, 6.07) is 7.90. The fourth-order valence-electron chi connectivity index (χ4n) is 3.37. The number of anilines is 1. The highest BCUT2D eigenvalue weighted by atomic mass is 32.1. The van der Waals surface area contributed by atoms with Crippen molar-refractivity contribution in [2.24, 2.45) is 5.41 Å². The molecule has 0 atom stereocenters. The molecule has 0 radical (unpaired) electrons. The Morgan fingerprint density at radius 3 is 2.62 bits per heavy atom. The van der Waals surface area contributed by atoms with Crippen LogP contribution in [0.3, 0.4) is 0 Å². The van der Waals surface area contributed by atoms with Crippen LogP contribution in [0.5, 0.6) is 0 Å². The normalized spacial score (nSPS) is 16.5. The molecule has 0 bridgehead atoms. The molecule has 1 aromatic heterocycles. The lowest BCUT2D eigenvalue weighted by Gasteiger charge is -2.27. The first-order chi connectivity index (χ1) is 11.5. The Bertz CT molecular complexity index is 715. The van der Waals surface area contributed by atoms with Crippen molar-refractivity contribution < 1.29 is 9.59 Å². The smallest absolute Gasteiger partial charge is 0.232 e. The monoisotopic (exact) mass is 345 g/mol. The third-order valence-corrected chi connectivity index (χ3v) is 5.46. The Balaban J connectivity index is 1.75. The molecule has 1 aliphatic rings. The minimum atomic E-state index is -0.600. The highest BCUT2D eigenvalue weighted by Crippen LogP contribution is 2.42. The van der Waals surface area contributed by atoms with Crippen LogP contribution in [0.25, 0.3) is 10.2 Å². The third kappa shape index (κ3) is 3.59. The summed E-state index contributed by atoms with van der Waals surface area (Å²) in [6.45, 7) is 3.86. The van der Waals surface area contributed by atoms with Crippen LogP contribution < -0.4 is 10.6 Å². The van der Waals surface area contributed by atoms with Gasteiger partial charge in [0.2, 0.25) is 11.8 Å². The summed E-state index contributed by atoms with van der Waals surface area (Å²) in [7, 11) is 0. The minimum absolute atomic E-state index is 0.0497. The standard InChI is InChI=1S/C18H23N3O2S/c1-12(2)19-15(22)11-18(9-5-6-10-18)16(23)21-17-20-13-7-3-4-8-14(13)24-17/h3-4,7-8,12H,5-6,9-11H2,1-2H3,(H,19,22)(H,20,21,23). The number of hydrogen-bond acceptors (Lipinski definition) is 4. The minimum Gasteiger partial charge on any atom is -0.354 e. The predicted molar refractivity (Wildman–Crippen MR) is 97.0 cm³/mol. The largest absolute Gasteiger partial charge is 0.354 e. The molecule has 1 aliphatic carbocycles. The van der Waals surface area contributed by atoms with E-state index in [2.05, 4.69) is 15.6 Å². The Morgan fingerprint density at radius 2 is 1.96 bits per heavy atom. The number of carbonyl (C=O) groups is 2. The van der Waals surface area contributed by atoms with Crippen LogP contribution in [0.4, 0.5) is 5.13 Å². The van der Waals surface area contributed by atoms with Gasteiger partial charge in [-0.3, -0.25) is 9.59 Å². The van der Waals surface area contributed by atoms with Gasteiger partial charge in [0, 0.05) is 12.5 Å². The molecule has 0 saturated heterocycles. The van der Waals surface area contributed by atoms with Gasteiger partial charge in [-0.15, -0.1) is 0 Å². The topological polar surface area (TPSA) is 71.1 Å². The van der Waals surface area contributed by atoms with Gasteiger partial charge in [0.05, 0.1) is 15.6 Å². The fourth-order valence-corrected chi connectivity index (χ4v) is 4.23. The van der Waals surface area contributed by atoms with E-state index in [1.165, 1.54) is 11.3 Å². The lowest BCUT2D eigenvalue weighted by atomic mass is 9.81. The number of aromatic nitrogens is 1. The Hall–Kier alpha value is -1.95. The summed E-state index contributed by atoms with van der Waals surface area (Å²) in [5, 5.41) is 6.47. The van der Waals surface area contributed by atoms with E-state index >= 15 is 0 Å². The van der Waals surface area contributed by atoms with Crippen LogP contribution in [-0.4, -0.2) is 22.8 Å². The predicted octanol–water partition coefficient (Wildman–Crippen LogP) is 3.71. The van der Waals surface area contributed by atoms with Crippen molar-refractivity contribution in [1.82, 2.24) is 10.3 Å². The molecule has 0 aliphatic heterocycles. The highest BCUT2D eigenvalue weighted by Gasteiger charge is 2.43. The van der Waals surface area contributed by atoms with Gasteiger partial charge in [-0.2, -0.15) is 0 Å². The molecule has 0 unspecified atom stereocenters. The number of rotatable bonds is 5. The lowest BCUT2D eigenvalue weighted by Crippen LogP contribution is -2.40. The molecule has 1 saturated carbocycles. The second-order valence-electron chi connectivity index (χ2n) is 6.83. The Labute approximate surface area is 145 Å². The second kappa shape index (κ2) is 6.89. The number of hydrogen-bond donors (Lipinski definition) is 2. The molecule has 6 heteroatoms. The number of benzene rings is 1. The maximum absolute atomic E-state index is 12.9. The molecule has 3 rings (SSSR count). The maximum atomic E-state index is 12.9. The first kappa shape index (κ1) is 16.9. The van der Waals surface area contributed by atoms with E-state index in [1.807, 2.05) is 38.1 Å². The van der Waals surface area contributed by atoms with E-state index in [4.69, 9.17) is 0 Å². The molecule has 2 aromatic rings. The van der Waals surface area contributed by atoms with Crippen LogP contribution in [-0.2, 0) is 9.59 Å². The van der Waals surface area contributed by atoms with Crippen molar-refractivity contribution in [2.75, 3.05) is 5.32 Å². The first-order valence-electron chi connectivity index (χ1n) is 8.45. The zero-order valence-corrected chi connectivity index (χ0v) is 14.9. The fraction of sp³-hybridized carbons (Fsp3) is 0.500. The number of para-hydroxylation sites is 1. The number of nitrogens with one attached hydrogen (secondary N) is 2. The number of carbonyl (C=O) groups excluding carboxylic acids is 2. The lowest BCUT2D eigenvalue weighted by molar-refractivity contribution is -0.132. The van der Waals surface area contributed by atoms with Gasteiger partial charge >= 0.3 is 0 Å². The molecule has 1 heterocycles. The number of fused-ring (bicyclic) bond motifs is 1. The number of amides is 2. The van der Waals surface area contributed by atoms with Crippen LogP contribution in [0.15, 0.2) is 24.3 Å². The van der Waals surface area contributed by atoms with Crippen molar-refractivity contribution in [3.63, 3.8) is 0 Å².